The van der Waals surface area contributed by atoms with E-state index in [-0.39, 0.29) is 6.04 Å². The second kappa shape index (κ2) is 6.99. The monoisotopic (exact) mass is 267 g/mol. The minimum Gasteiger partial charge on any atom is -0.497 e. The second-order valence-corrected chi connectivity index (χ2v) is 4.20. The molecule has 19 heavy (non-hydrogen) atoms. The summed E-state index contributed by atoms with van der Waals surface area (Å²) in [4.78, 5) is 11.4. The Morgan fingerprint density at radius 2 is 1.95 bits per heavy atom. The first-order valence-corrected chi connectivity index (χ1v) is 6.13. The zero-order chi connectivity index (χ0) is 14.4. The van der Waals surface area contributed by atoms with Crippen molar-refractivity contribution in [1.82, 2.24) is 5.32 Å². The highest BCUT2D eigenvalue weighted by molar-refractivity contribution is 5.74. The number of carbonyl (C=O) groups excluding carboxylic acids is 1. The fourth-order valence-electron chi connectivity index (χ4n) is 1.66. The minimum absolute atomic E-state index is 0.103. The maximum atomic E-state index is 11.4. The lowest BCUT2D eigenvalue weighted by Gasteiger charge is -2.20. The van der Waals surface area contributed by atoms with Gasteiger partial charge in [0.25, 0.3) is 0 Å². The Kier molecular flexibility index (Phi) is 5.63. The van der Waals surface area contributed by atoms with E-state index in [1.165, 1.54) is 7.11 Å². The quantitative estimate of drug-likeness (QED) is 0.798. The lowest BCUT2D eigenvalue weighted by atomic mass is 10.1. The SMILES string of the molecule is CNC(C)c1ccc(OC)cc1OC(C)C(=O)OC. The van der Waals surface area contributed by atoms with Crippen LogP contribution in [0, 0.1) is 0 Å². The largest absolute Gasteiger partial charge is 0.497 e. The number of hydrogen-bond donors (Lipinski definition) is 1. The van der Waals surface area contributed by atoms with Gasteiger partial charge in [-0.05, 0) is 27.0 Å². The van der Waals surface area contributed by atoms with Crippen LogP contribution < -0.4 is 14.8 Å². The van der Waals surface area contributed by atoms with Crippen molar-refractivity contribution in [1.29, 1.82) is 0 Å². The Labute approximate surface area is 113 Å². The molecule has 1 aromatic rings. The summed E-state index contributed by atoms with van der Waals surface area (Å²) in [6.45, 7) is 3.66. The van der Waals surface area contributed by atoms with Crippen molar-refractivity contribution < 1.29 is 19.0 Å². The van der Waals surface area contributed by atoms with E-state index in [0.29, 0.717) is 11.5 Å². The Bertz CT molecular complexity index is 433. The molecule has 0 heterocycles. The van der Waals surface area contributed by atoms with Crippen LogP contribution in [0.5, 0.6) is 11.5 Å². The molecule has 0 radical (unpaired) electrons. The van der Waals surface area contributed by atoms with Crippen molar-refractivity contribution in [2.75, 3.05) is 21.3 Å². The first kappa shape index (κ1) is 15.3. The molecule has 2 atom stereocenters. The Hall–Kier alpha value is -1.75. The number of carbonyl (C=O) groups is 1. The van der Waals surface area contributed by atoms with E-state index in [1.807, 2.05) is 26.1 Å². The maximum absolute atomic E-state index is 11.4. The molecule has 0 saturated heterocycles. The number of methoxy groups -OCH3 is 2. The fourth-order valence-corrected chi connectivity index (χ4v) is 1.66. The van der Waals surface area contributed by atoms with E-state index >= 15 is 0 Å². The second-order valence-electron chi connectivity index (χ2n) is 4.20. The molecule has 0 aromatic heterocycles. The van der Waals surface area contributed by atoms with Crippen LogP contribution in [0.15, 0.2) is 18.2 Å². The van der Waals surface area contributed by atoms with Crippen LogP contribution in [0.3, 0.4) is 0 Å². The first-order chi connectivity index (χ1) is 9.03. The standard InChI is InChI=1S/C14H21NO4/c1-9(15-3)12-7-6-11(17-4)8-13(12)19-10(2)14(16)18-5/h6-10,15H,1-5H3. The van der Waals surface area contributed by atoms with E-state index in [2.05, 4.69) is 10.1 Å². The summed E-state index contributed by atoms with van der Waals surface area (Å²) in [5.74, 6) is 0.879. The van der Waals surface area contributed by atoms with Crippen LogP contribution in [-0.2, 0) is 9.53 Å². The number of esters is 1. The molecule has 1 N–H and O–H groups in total. The maximum Gasteiger partial charge on any atom is 0.346 e. The van der Waals surface area contributed by atoms with Crippen molar-refractivity contribution in [2.24, 2.45) is 0 Å². The van der Waals surface area contributed by atoms with Gasteiger partial charge in [0.1, 0.15) is 11.5 Å². The number of nitrogens with one attached hydrogen (secondary N) is 1. The molecular formula is C14H21NO4. The number of benzene rings is 1. The predicted octanol–water partition coefficient (Wildman–Crippen LogP) is 1.92. The Morgan fingerprint density at radius 3 is 2.47 bits per heavy atom. The molecular weight excluding hydrogens is 246 g/mol. The lowest BCUT2D eigenvalue weighted by Crippen LogP contribution is -2.26. The van der Waals surface area contributed by atoms with Crippen molar-refractivity contribution in [2.45, 2.75) is 26.0 Å². The molecule has 0 fully saturated rings. The highest BCUT2D eigenvalue weighted by atomic mass is 16.6. The van der Waals surface area contributed by atoms with E-state index in [1.54, 1.807) is 20.1 Å². The zero-order valence-electron chi connectivity index (χ0n) is 12.0. The average Bonchev–Trinajstić information content (AvgIpc) is 2.45. The van der Waals surface area contributed by atoms with E-state index in [9.17, 15) is 4.79 Å². The van der Waals surface area contributed by atoms with Gasteiger partial charge in [0, 0.05) is 17.7 Å². The summed E-state index contributed by atoms with van der Waals surface area (Å²) in [5.41, 5.74) is 0.957. The molecule has 0 amide bonds. The summed E-state index contributed by atoms with van der Waals surface area (Å²) < 4.78 is 15.5. The van der Waals surface area contributed by atoms with Gasteiger partial charge in [0.2, 0.25) is 0 Å². The van der Waals surface area contributed by atoms with E-state index < -0.39 is 12.1 Å². The van der Waals surface area contributed by atoms with Gasteiger partial charge in [0.15, 0.2) is 6.10 Å². The molecule has 1 rings (SSSR count). The molecule has 0 saturated carbocycles. The molecule has 0 bridgehead atoms. The molecule has 5 nitrogen and oxygen atoms in total. The number of rotatable bonds is 6. The minimum atomic E-state index is -0.667. The smallest absolute Gasteiger partial charge is 0.346 e. The van der Waals surface area contributed by atoms with Gasteiger partial charge in [0.05, 0.1) is 14.2 Å². The van der Waals surface area contributed by atoms with Gasteiger partial charge in [-0.3, -0.25) is 0 Å². The fraction of sp³-hybridized carbons (Fsp3) is 0.500. The Morgan fingerprint density at radius 1 is 1.26 bits per heavy atom. The third-order valence-corrected chi connectivity index (χ3v) is 2.96. The normalized spacial score (nSPS) is 13.5. The van der Waals surface area contributed by atoms with Crippen molar-refractivity contribution in [3.05, 3.63) is 23.8 Å². The molecule has 0 aliphatic rings. The molecule has 5 heteroatoms. The highest BCUT2D eigenvalue weighted by Gasteiger charge is 2.19. The molecule has 0 aliphatic heterocycles. The third-order valence-electron chi connectivity index (χ3n) is 2.96. The van der Waals surface area contributed by atoms with Crippen LogP contribution in [0.1, 0.15) is 25.5 Å². The number of ether oxygens (including phenoxy) is 3. The van der Waals surface area contributed by atoms with Crippen molar-refractivity contribution in [3.8, 4) is 11.5 Å². The number of hydrogen-bond acceptors (Lipinski definition) is 5. The Balaban J connectivity index is 3.04. The van der Waals surface area contributed by atoms with Gasteiger partial charge in [-0.2, -0.15) is 0 Å². The molecule has 1 aromatic carbocycles. The van der Waals surface area contributed by atoms with Gasteiger partial charge < -0.3 is 19.5 Å². The van der Waals surface area contributed by atoms with E-state index in [4.69, 9.17) is 9.47 Å². The van der Waals surface area contributed by atoms with Crippen LogP contribution in [-0.4, -0.2) is 33.3 Å². The summed E-state index contributed by atoms with van der Waals surface area (Å²) in [7, 11) is 4.79. The molecule has 0 aliphatic carbocycles. The van der Waals surface area contributed by atoms with Gasteiger partial charge in [-0.1, -0.05) is 6.07 Å². The zero-order valence-corrected chi connectivity index (χ0v) is 12.0. The van der Waals surface area contributed by atoms with Crippen LogP contribution in [0.2, 0.25) is 0 Å². The molecule has 2 unspecified atom stereocenters. The predicted molar refractivity (Wildman–Crippen MR) is 72.6 cm³/mol. The molecule has 106 valence electrons. The third kappa shape index (κ3) is 3.86. The lowest BCUT2D eigenvalue weighted by molar-refractivity contribution is -0.147. The van der Waals surface area contributed by atoms with Crippen molar-refractivity contribution in [3.63, 3.8) is 0 Å². The average molecular weight is 267 g/mol. The summed E-state index contributed by atoms with van der Waals surface area (Å²) in [5, 5.41) is 3.14. The summed E-state index contributed by atoms with van der Waals surface area (Å²) >= 11 is 0. The van der Waals surface area contributed by atoms with Crippen LogP contribution >= 0.6 is 0 Å². The van der Waals surface area contributed by atoms with Crippen LogP contribution in [0.25, 0.3) is 0 Å². The van der Waals surface area contributed by atoms with Gasteiger partial charge in [-0.15, -0.1) is 0 Å². The molecule has 0 spiro atoms. The topological polar surface area (TPSA) is 56.8 Å². The summed E-state index contributed by atoms with van der Waals surface area (Å²) in [6, 6.07) is 5.64. The van der Waals surface area contributed by atoms with Crippen molar-refractivity contribution >= 4 is 5.97 Å². The highest BCUT2D eigenvalue weighted by Crippen LogP contribution is 2.30. The van der Waals surface area contributed by atoms with Gasteiger partial charge >= 0.3 is 5.97 Å². The first-order valence-electron chi connectivity index (χ1n) is 6.13. The summed E-state index contributed by atoms with van der Waals surface area (Å²) in [6.07, 6.45) is -0.667. The van der Waals surface area contributed by atoms with Crippen LogP contribution in [0.4, 0.5) is 0 Å². The van der Waals surface area contributed by atoms with Gasteiger partial charge in [-0.25, -0.2) is 4.79 Å². The van der Waals surface area contributed by atoms with E-state index in [0.717, 1.165) is 5.56 Å².